The molecule has 0 radical (unpaired) electrons. The van der Waals surface area contributed by atoms with E-state index in [1.807, 2.05) is 4.90 Å². The van der Waals surface area contributed by atoms with Gasteiger partial charge >= 0.3 is 0 Å². The predicted molar refractivity (Wildman–Crippen MR) is 74.9 cm³/mol. The third-order valence-corrected chi connectivity index (χ3v) is 3.93. The maximum Gasteiger partial charge on any atom is 0.262 e. The zero-order chi connectivity index (χ0) is 14.1. The number of hydrogen-bond donors (Lipinski definition) is 1. The Hall–Kier alpha value is -2.04. The second-order valence-electron chi connectivity index (χ2n) is 5.52. The topological polar surface area (TPSA) is 58.6 Å². The predicted octanol–water partition coefficient (Wildman–Crippen LogP) is 1.89. The average molecular weight is 274 g/mol. The number of fused-ring (bicyclic) bond motifs is 1. The summed E-state index contributed by atoms with van der Waals surface area (Å²) < 4.78 is 5.29. The van der Waals surface area contributed by atoms with Crippen LogP contribution >= 0.6 is 0 Å². The zero-order valence-corrected chi connectivity index (χ0v) is 11.5. The molecule has 5 nitrogen and oxygen atoms in total. The standard InChI is InChI=1S/C15H18N2O3/c1-10-4-6-17(7-5-10)15(19)11-2-3-13-12(8-11)16-14(18)9-20-13/h2-3,8,10H,4-7,9H2,1H3,(H,16,18). The molecule has 0 saturated carbocycles. The summed E-state index contributed by atoms with van der Waals surface area (Å²) >= 11 is 0. The van der Waals surface area contributed by atoms with E-state index < -0.39 is 0 Å². The Kier molecular flexibility index (Phi) is 3.34. The van der Waals surface area contributed by atoms with Crippen LogP contribution in [0.2, 0.25) is 0 Å². The first-order chi connectivity index (χ1) is 9.63. The number of anilines is 1. The fraction of sp³-hybridized carbons (Fsp3) is 0.467. The second-order valence-corrected chi connectivity index (χ2v) is 5.52. The number of carbonyl (C=O) groups excluding carboxylic acids is 2. The largest absolute Gasteiger partial charge is 0.482 e. The Labute approximate surface area is 117 Å². The van der Waals surface area contributed by atoms with Crippen LogP contribution in [0, 0.1) is 5.92 Å². The Morgan fingerprint density at radius 1 is 1.35 bits per heavy atom. The molecule has 1 aromatic rings. The summed E-state index contributed by atoms with van der Waals surface area (Å²) in [5, 5.41) is 2.73. The van der Waals surface area contributed by atoms with Gasteiger partial charge in [0.15, 0.2) is 6.61 Å². The minimum Gasteiger partial charge on any atom is -0.482 e. The van der Waals surface area contributed by atoms with Crippen molar-refractivity contribution >= 4 is 17.5 Å². The SMILES string of the molecule is CC1CCN(C(=O)c2ccc3c(c2)NC(=O)CO3)CC1. The van der Waals surface area contributed by atoms with E-state index in [0.29, 0.717) is 22.9 Å². The van der Waals surface area contributed by atoms with Crippen molar-refractivity contribution in [2.24, 2.45) is 5.92 Å². The van der Waals surface area contributed by atoms with E-state index in [0.717, 1.165) is 25.9 Å². The van der Waals surface area contributed by atoms with Gasteiger partial charge in [-0.05, 0) is 37.0 Å². The molecule has 0 aliphatic carbocycles. The van der Waals surface area contributed by atoms with Gasteiger partial charge in [-0.1, -0.05) is 6.92 Å². The molecule has 2 aliphatic heterocycles. The summed E-state index contributed by atoms with van der Waals surface area (Å²) in [6.07, 6.45) is 2.10. The molecule has 2 heterocycles. The number of nitrogens with zero attached hydrogens (tertiary/aromatic N) is 1. The van der Waals surface area contributed by atoms with Crippen molar-refractivity contribution in [1.29, 1.82) is 0 Å². The highest BCUT2D eigenvalue weighted by atomic mass is 16.5. The molecular weight excluding hydrogens is 256 g/mol. The monoisotopic (exact) mass is 274 g/mol. The van der Waals surface area contributed by atoms with Crippen LogP contribution in [0.15, 0.2) is 18.2 Å². The van der Waals surface area contributed by atoms with Crippen LogP contribution < -0.4 is 10.1 Å². The molecule has 5 heteroatoms. The van der Waals surface area contributed by atoms with Gasteiger partial charge in [0.05, 0.1) is 5.69 Å². The zero-order valence-electron chi connectivity index (χ0n) is 11.5. The molecule has 2 amide bonds. The minimum absolute atomic E-state index is 0.0273. The van der Waals surface area contributed by atoms with E-state index in [4.69, 9.17) is 4.74 Å². The van der Waals surface area contributed by atoms with Crippen LogP contribution in [0.25, 0.3) is 0 Å². The van der Waals surface area contributed by atoms with Crippen LogP contribution in [-0.4, -0.2) is 36.4 Å². The summed E-state index contributed by atoms with van der Waals surface area (Å²) in [6.45, 7) is 3.86. The van der Waals surface area contributed by atoms with Crippen molar-refractivity contribution in [2.45, 2.75) is 19.8 Å². The van der Waals surface area contributed by atoms with Crippen LogP contribution in [0.5, 0.6) is 5.75 Å². The lowest BCUT2D eigenvalue weighted by atomic mass is 9.98. The molecule has 1 aromatic carbocycles. The highest BCUT2D eigenvalue weighted by Gasteiger charge is 2.23. The van der Waals surface area contributed by atoms with Crippen molar-refractivity contribution in [2.75, 3.05) is 25.0 Å². The molecule has 2 aliphatic rings. The van der Waals surface area contributed by atoms with Crippen molar-refractivity contribution in [1.82, 2.24) is 4.90 Å². The van der Waals surface area contributed by atoms with Gasteiger partial charge in [0.25, 0.3) is 11.8 Å². The van der Waals surface area contributed by atoms with E-state index in [2.05, 4.69) is 12.2 Å². The fourth-order valence-corrected chi connectivity index (χ4v) is 2.61. The number of likely N-dealkylation sites (tertiary alicyclic amines) is 1. The number of carbonyl (C=O) groups is 2. The van der Waals surface area contributed by atoms with E-state index in [-0.39, 0.29) is 18.4 Å². The summed E-state index contributed by atoms with van der Waals surface area (Å²) in [5.41, 5.74) is 1.18. The van der Waals surface area contributed by atoms with Crippen LogP contribution in [0.3, 0.4) is 0 Å². The first kappa shape index (κ1) is 13.0. The van der Waals surface area contributed by atoms with E-state index >= 15 is 0 Å². The highest BCUT2D eigenvalue weighted by Crippen LogP contribution is 2.29. The summed E-state index contributed by atoms with van der Waals surface area (Å²) in [7, 11) is 0. The van der Waals surface area contributed by atoms with Crippen LogP contribution in [-0.2, 0) is 4.79 Å². The van der Waals surface area contributed by atoms with Gasteiger partial charge in [-0.3, -0.25) is 9.59 Å². The van der Waals surface area contributed by atoms with Gasteiger partial charge in [-0.25, -0.2) is 0 Å². The van der Waals surface area contributed by atoms with E-state index in [9.17, 15) is 9.59 Å². The Morgan fingerprint density at radius 3 is 2.85 bits per heavy atom. The molecule has 0 bridgehead atoms. The summed E-state index contributed by atoms with van der Waals surface area (Å²) in [4.78, 5) is 25.6. The van der Waals surface area contributed by atoms with Crippen molar-refractivity contribution < 1.29 is 14.3 Å². The number of hydrogen-bond acceptors (Lipinski definition) is 3. The Balaban J connectivity index is 1.78. The van der Waals surface area contributed by atoms with E-state index in [1.54, 1.807) is 18.2 Å². The number of amides is 2. The third-order valence-electron chi connectivity index (χ3n) is 3.93. The van der Waals surface area contributed by atoms with Gasteiger partial charge in [0, 0.05) is 18.7 Å². The Morgan fingerprint density at radius 2 is 2.10 bits per heavy atom. The summed E-state index contributed by atoms with van der Waals surface area (Å²) in [6, 6.07) is 5.21. The first-order valence-corrected chi connectivity index (χ1v) is 6.99. The number of rotatable bonds is 1. The summed E-state index contributed by atoms with van der Waals surface area (Å²) in [5.74, 6) is 1.15. The number of benzene rings is 1. The number of ether oxygens (including phenoxy) is 1. The number of piperidine rings is 1. The van der Waals surface area contributed by atoms with Gasteiger partial charge in [-0.2, -0.15) is 0 Å². The number of nitrogens with one attached hydrogen (secondary N) is 1. The van der Waals surface area contributed by atoms with Gasteiger partial charge in [-0.15, -0.1) is 0 Å². The molecule has 1 N–H and O–H groups in total. The molecule has 106 valence electrons. The van der Waals surface area contributed by atoms with Crippen molar-refractivity contribution in [3.8, 4) is 5.75 Å². The molecule has 1 saturated heterocycles. The lowest BCUT2D eigenvalue weighted by molar-refractivity contribution is -0.118. The maximum absolute atomic E-state index is 12.4. The lowest BCUT2D eigenvalue weighted by Crippen LogP contribution is -2.38. The minimum atomic E-state index is -0.186. The molecule has 3 rings (SSSR count). The fourth-order valence-electron chi connectivity index (χ4n) is 2.61. The molecular formula is C15H18N2O3. The van der Waals surface area contributed by atoms with Gasteiger partial charge in [0.1, 0.15) is 5.75 Å². The van der Waals surface area contributed by atoms with Crippen molar-refractivity contribution in [3.63, 3.8) is 0 Å². The quantitative estimate of drug-likeness (QED) is 0.850. The van der Waals surface area contributed by atoms with E-state index in [1.165, 1.54) is 0 Å². The molecule has 0 unspecified atom stereocenters. The van der Waals surface area contributed by atoms with Crippen molar-refractivity contribution in [3.05, 3.63) is 23.8 Å². The Bertz CT molecular complexity index is 548. The van der Waals surface area contributed by atoms with Crippen LogP contribution in [0.4, 0.5) is 5.69 Å². The van der Waals surface area contributed by atoms with Gasteiger partial charge in [0.2, 0.25) is 0 Å². The average Bonchev–Trinajstić information content (AvgIpc) is 2.46. The van der Waals surface area contributed by atoms with Gasteiger partial charge < -0.3 is 15.0 Å². The maximum atomic E-state index is 12.4. The molecule has 1 fully saturated rings. The molecule has 0 atom stereocenters. The molecule has 0 aromatic heterocycles. The smallest absolute Gasteiger partial charge is 0.262 e. The highest BCUT2D eigenvalue weighted by molar-refractivity contribution is 5.99. The third kappa shape index (κ3) is 2.48. The lowest BCUT2D eigenvalue weighted by Gasteiger charge is -2.30. The van der Waals surface area contributed by atoms with Crippen LogP contribution in [0.1, 0.15) is 30.1 Å². The second kappa shape index (κ2) is 5.15. The molecule has 0 spiro atoms. The first-order valence-electron chi connectivity index (χ1n) is 6.99. The normalized spacial score (nSPS) is 19.1. The molecule has 20 heavy (non-hydrogen) atoms.